The average molecular weight is 390 g/mol. The first-order valence-electron chi connectivity index (χ1n) is 8.42. The molecular weight excluding hydrogens is 370 g/mol. The van der Waals surface area contributed by atoms with Crippen LogP contribution in [-0.4, -0.2) is 23.2 Å². The number of hydrogen-bond donors (Lipinski definition) is 2. The Bertz CT molecular complexity index is 808. The van der Waals surface area contributed by atoms with E-state index in [0.717, 1.165) is 25.7 Å². The van der Waals surface area contributed by atoms with Gasteiger partial charge in [0.25, 0.3) is 0 Å². The second-order valence-electron chi connectivity index (χ2n) is 6.29. The Hall–Kier alpha value is -2.18. The Balaban J connectivity index is 1.79. The van der Waals surface area contributed by atoms with Gasteiger partial charge in [0.15, 0.2) is 5.11 Å². The van der Waals surface area contributed by atoms with Crippen LogP contribution in [0.2, 0.25) is 5.02 Å². The third-order valence-electron chi connectivity index (χ3n) is 4.68. The smallest absolute Gasteiger partial charge is 0.337 e. The van der Waals surface area contributed by atoms with E-state index in [1.807, 2.05) is 12.1 Å². The van der Waals surface area contributed by atoms with Gasteiger partial charge in [0.05, 0.1) is 28.9 Å². The number of carbonyl (C=O) groups excluding carboxylic acids is 1. The van der Waals surface area contributed by atoms with Crippen molar-refractivity contribution in [1.29, 1.82) is 0 Å². The summed E-state index contributed by atoms with van der Waals surface area (Å²) in [7, 11) is 1.34. The van der Waals surface area contributed by atoms with E-state index in [2.05, 4.69) is 15.6 Å². The zero-order valence-electron chi connectivity index (χ0n) is 14.4. The van der Waals surface area contributed by atoms with Crippen molar-refractivity contribution in [3.63, 3.8) is 0 Å². The lowest BCUT2D eigenvalue weighted by Crippen LogP contribution is -2.45. The molecule has 0 bridgehead atoms. The first kappa shape index (κ1) is 18.6. The van der Waals surface area contributed by atoms with E-state index < -0.39 is 5.97 Å². The minimum atomic E-state index is -0.423. The van der Waals surface area contributed by atoms with Gasteiger partial charge in [-0.2, -0.15) is 0 Å². The summed E-state index contributed by atoms with van der Waals surface area (Å²) in [5.74, 6) is -0.423. The average Bonchev–Trinajstić information content (AvgIpc) is 3.13. The van der Waals surface area contributed by atoms with Gasteiger partial charge in [0, 0.05) is 12.4 Å². The van der Waals surface area contributed by atoms with Crippen molar-refractivity contribution >= 4 is 40.6 Å². The van der Waals surface area contributed by atoms with Gasteiger partial charge in [-0.05, 0) is 61.0 Å². The summed E-state index contributed by atoms with van der Waals surface area (Å²) in [6.45, 7) is 0. The van der Waals surface area contributed by atoms with Crippen molar-refractivity contribution in [2.75, 3.05) is 12.4 Å². The number of ether oxygens (including phenoxy) is 1. The minimum absolute atomic E-state index is 0.209. The molecule has 0 radical (unpaired) electrons. The summed E-state index contributed by atoms with van der Waals surface area (Å²) >= 11 is 11.8. The topological polar surface area (TPSA) is 63.2 Å². The molecule has 0 atom stereocenters. The maximum absolute atomic E-state index is 11.7. The van der Waals surface area contributed by atoms with Gasteiger partial charge >= 0.3 is 5.97 Å². The highest BCUT2D eigenvalue weighted by Crippen LogP contribution is 2.38. The van der Waals surface area contributed by atoms with Crippen LogP contribution in [0.15, 0.2) is 42.7 Å². The van der Waals surface area contributed by atoms with E-state index >= 15 is 0 Å². The number of hydrogen-bond acceptors (Lipinski definition) is 4. The Morgan fingerprint density at radius 2 is 1.92 bits per heavy atom. The van der Waals surface area contributed by atoms with E-state index in [1.54, 1.807) is 30.6 Å². The van der Waals surface area contributed by atoms with E-state index in [9.17, 15) is 4.79 Å². The van der Waals surface area contributed by atoms with Gasteiger partial charge in [-0.1, -0.05) is 24.4 Å². The first-order valence-corrected chi connectivity index (χ1v) is 9.20. The highest BCUT2D eigenvalue weighted by molar-refractivity contribution is 7.80. The number of nitrogens with zero attached hydrogens (tertiary/aromatic N) is 1. The zero-order valence-corrected chi connectivity index (χ0v) is 16.0. The number of methoxy groups -OCH3 is 1. The lowest BCUT2D eigenvalue weighted by Gasteiger charge is -2.32. The number of carbonyl (C=O) groups is 1. The maximum Gasteiger partial charge on any atom is 0.337 e. The van der Waals surface area contributed by atoms with Gasteiger partial charge in [0.2, 0.25) is 0 Å². The number of anilines is 1. The number of rotatable bonds is 4. The maximum atomic E-state index is 11.7. The van der Waals surface area contributed by atoms with Crippen molar-refractivity contribution in [3.8, 4) is 0 Å². The van der Waals surface area contributed by atoms with Crippen LogP contribution in [-0.2, 0) is 10.3 Å². The van der Waals surface area contributed by atoms with E-state index in [-0.39, 0.29) is 5.54 Å². The molecule has 0 unspecified atom stereocenters. The third-order valence-corrected chi connectivity index (χ3v) is 5.21. The second kappa shape index (κ2) is 8.01. The number of halogens is 1. The fourth-order valence-corrected chi connectivity index (χ4v) is 3.84. The molecule has 3 rings (SSSR count). The molecule has 1 heterocycles. The lowest BCUT2D eigenvalue weighted by molar-refractivity contribution is 0.0601. The number of nitrogens with one attached hydrogen (secondary N) is 2. The van der Waals surface area contributed by atoms with Crippen molar-refractivity contribution in [3.05, 3.63) is 58.9 Å². The molecule has 0 amide bonds. The predicted octanol–water partition coefficient (Wildman–Crippen LogP) is 4.28. The van der Waals surface area contributed by atoms with Crippen molar-refractivity contribution < 1.29 is 9.53 Å². The molecule has 0 aliphatic heterocycles. The van der Waals surface area contributed by atoms with Crippen LogP contribution in [0, 0.1) is 0 Å². The summed E-state index contributed by atoms with van der Waals surface area (Å²) < 4.78 is 4.75. The number of aromatic nitrogens is 1. The Morgan fingerprint density at radius 3 is 2.58 bits per heavy atom. The molecule has 0 saturated heterocycles. The molecule has 1 saturated carbocycles. The normalized spacial score (nSPS) is 15.3. The van der Waals surface area contributed by atoms with Gasteiger partial charge < -0.3 is 15.4 Å². The minimum Gasteiger partial charge on any atom is -0.465 e. The molecule has 7 heteroatoms. The molecule has 5 nitrogen and oxygen atoms in total. The number of esters is 1. The molecule has 1 aliphatic rings. The van der Waals surface area contributed by atoms with Crippen LogP contribution in [0.25, 0.3) is 0 Å². The Labute approximate surface area is 163 Å². The highest BCUT2D eigenvalue weighted by atomic mass is 35.5. The number of benzene rings is 1. The van der Waals surface area contributed by atoms with Crippen LogP contribution in [0.4, 0.5) is 5.69 Å². The summed E-state index contributed by atoms with van der Waals surface area (Å²) in [6, 6.07) is 8.94. The SMILES string of the molecule is COC(=O)c1ccc(Cl)c(NC(=S)NC2(c3ccncc3)CCCC2)c1. The van der Waals surface area contributed by atoms with Crippen LogP contribution in [0.1, 0.15) is 41.6 Å². The van der Waals surface area contributed by atoms with E-state index in [1.165, 1.54) is 12.7 Å². The first-order chi connectivity index (χ1) is 12.5. The molecule has 2 N–H and O–H groups in total. The lowest BCUT2D eigenvalue weighted by atomic mass is 9.89. The monoisotopic (exact) mass is 389 g/mol. The van der Waals surface area contributed by atoms with Crippen molar-refractivity contribution in [2.45, 2.75) is 31.2 Å². The fourth-order valence-electron chi connectivity index (χ4n) is 3.37. The number of pyridine rings is 1. The van der Waals surface area contributed by atoms with E-state index in [4.69, 9.17) is 28.6 Å². The van der Waals surface area contributed by atoms with E-state index in [0.29, 0.717) is 21.4 Å². The molecular formula is C19H20ClN3O2S. The summed E-state index contributed by atoms with van der Waals surface area (Å²) in [5, 5.41) is 7.52. The summed E-state index contributed by atoms with van der Waals surface area (Å²) in [4.78, 5) is 15.8. The Morgan fingerprint density at radius 1 is 1.23 bits per heavy atom. The molecule has 136 valence electrons. The van der Waals surface area contributed by atoms with Gasteiger partial charge in [0.1, 0.15) is 0 Å². The third kappa shape index (κ3) is 3.97. The van der Waals surface area contributed by atoms with Gasteiger partial charge in [-0.3, -0.25) is 4.98 Å². The fraction of sp³-hybridized carbons (Fsp3) is 0.316. The van der Waals surface area contributed by atoms with Gasteiger partial charge in [-0.15, -0.1) is 0 Å². The van der Waals surface area contributed by atoms with Gasteiger partial charge in [-0.25, -0.2) is 4.79 Å². The van der Waals surface area contributed by atoms with Crippen LogP contribution in [0.3, 0.4) is 0 Å². The second-order valence-corrected chi connectivity index (χ2v) is 7.11. The molecule has 2 aromatic rings. The predicted molar refractivity (Wildman–Crippen MR) is 107 cm³/mol. The largest absolute Gasteiger partial charge is 0.465 e. The molecule has 1 aliphatic carbocycles. The summed E-state index contributed by atoms with van der Waals surface area (Å²) in [5.41, 5.74) is 1.94. The Kier molecular flexibility index (Phi) is 5.74. The molecule has 1 aromatic heterocycles. The van der Waals surface area contributed by atoms with Crippen molar-refractivity contribution in [2.24, 2.45) is 0 Å². The molecule has 26 heavy (non-hydrogen) atoms. The molecule has 1 fully saturated rings. The highest BCUT2D eigenvalue weighted by Gasteiger charge is 2.36. The van der Waals surface area contributed by atoms with Crippen LogP contribution >= 0.6 is 23.8 Å². The summed E-state index contributed by atoms with van der Waals surface area (Å²) in [6.07, 6.45) is 7.85. The zero-order chi connectivity index (χ0) is 18.6. The molecule has 0 spiro atoms. The quantitative estimate of drug-likeness (QED) is 0.601. The van der Waals surface area contributed by atoms with Crippen molar-refractivity contribution in [1.82, 2.24) is 10.3 Å². The standard InChI is InChI=1S/C19H20ClN3O2S/c1-25-17(24)13-4-5-15(20)16(12-13)22-18(26)23-19(8-2-3-9-19)14-6-10-21-11-7-14/h4-7,10-12H,2-3,8-9H2,1H3,(H2,22,23,26). The molecule has 1 aromatic carbocycles. The van der Waals surface area contributed by atoms with Crippen LogP contribution < -0.4 is 10.6 Å². The van der Waals surface area contributed by atoms with Crippen LogP contribution in [0.5, 0.6) is 0 Å². The number of thiocarbonyl (C=S) groups is 1.